The van der Waals surface area contributed by atoms with Crippen LogP contribution in [0.3, 0.4) is 0 Å². The van der Waals surface area contributed by atoms with Crippen molar-refractivity contribution >= 4 is 65.6 Å². The zero-order valence-electron chi connectivity index (χ0n) is 20.8. The van der Waals surface area contributed by atoms with Gasteiger partial charge in [0.25, 0.3) is 0 Å². The highest BCUT2D eigenvalue weighted by atomic mass is 16.4. The minimum atomic E-state index is 0.549. The normalized spacial score (nSPS) is 12.1. The van der Waals surface area contributed by atoms with E-state index in [0.717, 1.165) is 54.8 Å². The Balaban J connectivity index is 1.30. The average Bonchev–Trinajstić information content (AvgIpc) is 3.67. The van der Waals surface area contributed by atoms with Gasteiger partial charge in [-0.15, -0.1) is 0 Å². The lowest BCUT2D eigenvalue weighted by Crippen LogP contribution is -1.93. The number of furan rings is 1. The number of rotatable bonds is 2. The van der Waals surface area contributed by atoms with Crippen LogP contribution in [-0.4, -0.2) is 9.55 Å². The Hall–Kier alpha value is -5.35. The SMILES string of the molecule is c1ccc2cc(-c3ccc4c(c3)c3ccccc3n4-c3nc4ccc5oc6ccccc6c5c4o3)ccc2c1. The number of para-hydroxylation sites is 2. The molecule has 0 spiro atoms. The summed E-state index contributed by atoms with van der Waals surface area (Å²) in [6.07, 6.45) is 0. The van der Waals surface area contributed by atoms with Crippen LogP contribution in [0.2, 0.25) is 0 Å². The molecule has 0 N–H and O–H groups in total. The van der Waals surface area contributed by atoms with Gasteiger partial charge in [-0.25, -0.2) is 0 Å². The first-order valence-electron chi connectivity index (χ1n) is 13.1. The Bertz CT molecular complexity index is 2400. The van der Waals surface area contributed by atoms with E-state index in [0.29, 0.717) is 6.01 Å². The maximum Gasteiger partial charge on any atom is 0.307 e. The Morgan fingerprint density at radius 1 is 0.513 bits per heavy atom. The number of benzene rings is 6. The van der Waals surface area contributed by atoms with Gasteiger partial charge >= 0.3 is 6.01 Å². The maximum absolute atomic E-state index is 6.56. The van der Waals surface area contributed by atoms with Crippen LogP contribution in [0, 0.1) is 0 Å². The van der Waals surface area contributed by atoms with E-state index in [-0.39, 0.29) is 0 Å². The largest absolute Gasteiger partial charge is 0.456 e. The fourth-order valence-corrected chi connectivity index (χ4v) is 6.01. The van der Waals surface area contributed by atoms with E-state index in [1.54, 1.807) is 0 Å². The van der Waals surface area contributed by atoms with Crippen molar-refractivity contribution in [1.29, 1.82) is 0 Å². The fraction of sp³-hybridized carbons (Fsp3) is 0. The van der Waals surface area contributed by atoms with Crippen LogP contribution in [0.4, 0.5) is 0 Å². The predicted molar refractivity (Wildman–Crippen MR) is 159 cm³/mol. The minimum Gasteiger partial charge on any atom is -0.456 e. The molecule has 0 aliphatic rings. The van der Waals surface area contributed by atoms with Crippen LogP contribution in [0.1, 0.15) is 0 Å². The first kappa shape index (κ1) is 20.7. The molecule has 0 aliphatic carbocycles. The van der Waals surface area contributed by atoms with Crippen LogP contribution in [0.15, 0.2) is 130 Å². The van der Waals surface area contributed by atoms with Crippen molar-refractivity contribution in [3.63, 3.8) is 0 Å². The second kappa shape index (κ2) is 7.59. The van der Waals surface area contributed by atoms with Crippen molar-refractivity contribution in [2.45, 2.75) is 0 Å². The molecule has 0 fully saturated rings. The van der Waals surface area contributed by atoms with Crippen molar-refractivity contribution in [1.82, 2.24) is 9.55 Å². The number of aromatic nitrogens is 2. The summed E-state index contributed by atoms with van der Waals surface area (Å²) in [5, 5.41) is 6.80. The molecule has 0 radical (unpaired) electrons. The quantitative estimate of drug-likeness (QED) is 0.237. The first-order valence-corrected chi connectivity index (χ1v) is 13.1. The maximum atomic E-state index is 6.56. The number of nitrogens with zero attached hydrogens (tertiary/aromatic N) is 2. The van der Waals surface area contributed by atoms with Gasteiger partial charge in [-0.1, -0.05) is 78.9 Å². The van der Waals surface area contributed by atoms with Gasteiger partial charge < -0.3 is 8.83 Å². The smallest absolute Gasteiger partial charge is 0.307 e. The van der Waals surface area contributed by atoms with E-state index in [4.69, 9.17) is 13.8 Å². The molecule has 0 bridgehead atoms. The van der Waals surface area contributed by atoms with Crippen LogP contribution >= 0.6 is 0 Å². The molecule has 6 aromatic carbocycles. The van der Waals surface area contributed by atoms with E-state index in [9.17, 15) is 0 Å². The van der Waals surface area contributed by atoms with Crippen molar-refractivity contribution in [3.05, 3.63) is 121 Å². The van der Waals surface area contributed by atoms with Gasteiger partial charge in [0.1, 0.15) is 16.7 Å². The molecule has 3 aromatic heterocycles. The van der Waals surface area contributed by atoms with E-state index >= 15 is 0 Å². The Morgan fingerprint density at radius 3 is 2.21 bits per heavy atom. The van der Waals surface area contributed by atoms with Gasteiger partial charge in [0.15, 0.2) is 5.58 Å². The summed E-state index contributed by atoms with van der Waals surface area (Å²) in [5.41, 5.74) is 7.69. The number of oxazole rings is 1. The molecule has 0 aliphatic heterocycles. The highest BCUT2D eigenvalue weighted by Crippen LogP contribution is 2.39. The molecule has 0 amide bonds. The van der Waals surface area contributed by atoms with Crippen molar-refractivity contribution in [2.24, 2.45) is 0 Å². The summed E-state index contributed by atoms with van der Waals surface area (Å²) in [7, 11) is 0. The molecule has 0 saturated heterocycles. The van der Waals surface area contributed by atoms with Crippen LogP contribution in [-0.2, 0) is 0 Å². The van der Waals surface area contributed by atoms with E-state index in [1.807, 2.05) is 30.3 Å². The molecule has 0 unspecified atom stereocenters. The lowest BCUT2D eigenvalue weighted by molar-refractivity contribution is 0.577. The molecule has 0 atom stereocenters. The minimum absolute atomic E-state index is 0.549. The Labute approximate surface area is 222 Å². The molecule has 4 heteroatoms. The topological polar surface area (TPSA) is 44.1 Å². The molecule has 9 rings (SSSR count). The molecule has 39 heavy (non-hydrogen) atoms. The standard InChI is InChI=1S/C35H20N2O2/c1-2-8-22-19-23(14-13-21(22)7-1)24-15-17-30-27(20-24)25-9-3-5-11-29(25)37(30)35-36-28-16-18-32-33(34(28)39-35)26-10-4-6-12-31(26)38-32/h1-20H. The fourth-order valence-electron chi connectivity index (χ4n) is 6.01. The van der Waals surface area contributed by atoms with Crippen LogP contribution < -0.4 is 0 Å². The van der Waals surface area contributed by atoms with Crippen molar-refractivity contribution in [2.75, 3.05) is 0 Å². The van der Waals surface area contributed by atoms with E-state index < -0.39 is 0 Å². The Morgan fingerprint density at radius 2 is 1.26 bits per heavy atom. The lowest BCUT2D eigenvalue weighted by atomic mass is 9.99. The summed E-state index contributed by atoms with van der Waals surface area (Å²) in [6, 6.07) is 42.8. The highest BCUT2D eigenvalue weighted by Gasteiger charge is 2.20. The second-order valence-electron chi connectivity index (χ2n) is 10.0. The third-order valence-corrected chi connectivity index (χ3v) is 7.83. The van der Waals surface area contributed by atoms with Crippen LogP contribution in [0.5, 0.6) is 0 Å². The third-order valence-electron chi connectivity index (χ3n) is 7.83. The van der Waals surface area contributed by atoms with Crippen molar-refractivity contribution in [3.8, 4) is 17.1 Å². The second-order valence-corrected chi connectivity index (χ2v) is 10.0. The summed E-state index contributed by atoms with van der Waals surface area (Å²) in [4.78, 5) is 4.96. The number of fused-ring (bicyclic) bond motifs is 9. The van der Waals surface area contributed by atoms with Gasteiger partial charge in [0.2, 0.25) is 0 Å². The monoisotopic (exact) mass is 500 g/mol. The summed E-state index contributed by atoms with van der Waals surface area (Å²) >= 11 is 0. The molecule has 182 valence electrons. The molecule has 4 nitrogen and oxygen atoms in total. The zero-order valence-corrected chi connectivity index (χ0v) is 20.8. The number of hydrogen-bond acceptors (Lipinski definition) is 3. The molecular weight excluding hydrogens is 480 g/mol. The van der Waals surface area contributed by atoms with E-state index in [1.165, 1.54) is 21.9 Å². The van der Waals surface area contributed by atoms with E-state index in [2.05, 4.69) is 95.6 Å². The van der Waals surface area contributed by atoms with Gasteiger partial charge in [0.05, 0.1) is 16.4 Å². The zero-order chi connectivity index (χ0) is 25.5. The van der Waals surface area contributed by atoms with Gasteiger partial charge in [-0.2, -0.15) is 4.98 Å². The molecule has 0 saturated carbocycles. The lowest BCUT2D eigenvalue weighted by Gasteiger charge is -2.06. The van der Waals surface area contributed by atoms with Crippen LogP contribution in [0.25, 0.3) is 82.8 Å². The number of hydrogen-bond donors (Lipinski definition) is 0. The summed E-state index contributed by atoms with van der Waals surface area (Å²) < 4.78 is 14.8. The third kappa shape index (κ3) is 2.91. The molecule has 3 heterocycles. The Kier molecular flexibility index (Phi) is 4.02. The summed E-state index contributed by atoms with van der Waals surface area (Å²) in [6.45, 7) is 0. The first-order chi connectivity index (χ1) is 19.3. The molecular formula is C35H20N2O2. The van der Waals surface area contributed by atoms with Gasteiger partial charge in [-0.05, 0) is 64.4 Å². The molecule has 9 aromatic rings. The predicted octanol–water partition coefficient (Wildman–Crippen LogP) is 9.64. The van der Waals surface area contributed by atoms with Crippen molar-refractivity contribution < 1.29 is 8.83 Å². The van der Waals surface area contributed by atoms with Gasteiger partial charge in [0, 0.05) is 16.2 Å². The average molecular weight is 501 g/mol. The summed E-state index contributed by atoms with van der Waals surface area (Å²) in [5.74, 6) is 0. The van der Waals surface area contributed by atoms with Gasteiger partial charge in [-0.3, -0.25) is 4.57 Å². The highest BCUT2D eigenvalue weighted by molar-refractivity contribution is 6.16.